The van der Waals surface area contributed by atoms with E-state index in [4.69, 9.17) is 9.15 Å². The van der Waals surface area contributed by atoms with Crippen LogP contribution in [-0.2, 0) is 6.42 Å². The Hall–Kier alpha value is -3.82. The van der Waals surface area contributed by atoms with Crippen LogP contribution in [0.5, 0.6) is 5.75 Å². The van der Waals surface area contributed by atoms with Crippen LogP contribution in [0.15, 0.2) is 71.1 Å². The van der Waals surface area contributed by atoms with E-state index in [1.165, 1.54) is 5.39 Å². The molecule has 1 N–H and O–H groups in total. The van der Waals surface area contributed by atoms with Crippen molar-refractivity contribution < 1.29 is 9.15 Å². The van der Waals surface area contributed by atoms with Crippen LogP contribution in [0.25, 0.3) is 10.8 Å². The Morgan fingerprint density at radius 1 is 1.06 bits per heavy atom. The molecule has 6 nitrogen and oxygen atoms in total. The van der Waals surface area contributed by atoms with Gasteiger partial charge in [-0.15, -0.1) is 0 Å². The van der Waals surface area contributed by atoms with Crippen LogP contribution in [0.1, 0.15) is 28.8 Å². The number of ether oxygens (including phenoxy) is 1. The molecule has 0 fully saturated rings. The topological polar surface area (TPSA) is 74.3 Å². The van der Waals surface area contributed by atoms with Crippen molar-refractivity contribution in [1.82, 2.24) is 9.88 Å². The second-order valence-electron chi connectivity index (χ2n) is 7.85. The molecule has 0 bridgehead atoms. The molecule has 162 valence electrons. The molecule has 0 saturated heterocycles. The Bertz CT molecular complexity index is 1230. The van der Waals surface area contributed by atoms with Gasteiger partial charge in [-0.25, -0.2) is 4.98 Å². The van der Waals surface area contributed by atoms with Crippen molar-refractivity contribution in [3.63, 3.8) is 0 Å². The van der Waals surface area contributed by atoms with Crippen LogP contribution >= 0.6 is 0 Å². The number of methoxy groups -OCH3 is 1. The number of benzene rings is 3. The number of nitrogens with zero attached hydrogens (tertiary/aromatic N) is 3. The molecule has 0 aliphatic carbocycles. The third-order valence-corrected chi connectivity index (χ3v) is 5.58. The van der Waals surface area contributed by atoms with Gasteiger partial charge < -0.3 is 19.4 Å². The molecule has 3 aromatic carbocycles. The van der Waals surface area contributed by atoms with Crippen LogP contribution in [-0.4, -0.2) is 37.6 Å². The first-order chi connectivity index (χ1) is 15.6. The van der Waals surface area contributed by atoms with Gasteiger partial charge in [-0.1, -0.05) is 54.6 Å². The number of nitrogens with one attached hydrogen (secondary N) is 1. The lowest BCUT2D eigenvalue weighted by molar-refractivity contribution is 0.310. The predicted molar refractivity (Wildman–Crippen MR) is 126 cm³/mol. The number of anilines is 1. The number of rotatable bonds is 8. The molecule has 0 saturated carbocycles. The van der Waals surface area contributed by atoms with Gasteiger partial charge in [-0.05, 0) is 48.1 Å². The zero-order chi connectivity index (χ0) is 22.5. The van der Waals surface area contributed by atoms with Gasteiger partial charge in [0.05, 0.1) is 19.6 Å². The number of likely N-dealkylation sites (N-methyl/N-ethyl adjacent to an activating group) is 1. The van der Waals surface area contributed by atoms with E-state index >= 15 is 0 Å². The Morgan fingerprint density at radius 3 is 2.53 bits per heavy atom. The van der Waals surface area contributed by atoms with Gasteiger partial charge in [0.25, 0.3) is 0 Å². The van der Waals surface area contributed by atoms with E-state index in [9.17, 15) is 5.26 Å². The highest BCUT2D eigenvalue weighted by Gasteiger charge is 2.18. The van der Waals surface area contributed by atoms with Crippen molar-refractivity contribution in [2.75, 3.05) is 33.1 Å². The van der Waals surface area contributed by atoms with E-state index in [-0.39, 0.29) is 11.7 Å². The Balaban J connectivity index is 1.53. The zero-order valence-corrected chi connectivity index (χ0v) is 18.5. The smallest absolute Gasteiger partial charge is 0.232 e. The number of fused-ring (bicyclic) bond motifs is 1. The number of nitriles is 1. The van der Waals surface area contributed by atoms with Gasteiger partial charge in [-0.3, -0.25) is 0 Å². The maximum absolute atomic E-state index is 9.58. The summed E-state index contributed by atoms with van der Waals surface area (Å²) >= 11 is 0. The standard InChI is InChI=1S/C26H26N4O2/c1-30(2)24(19-11-13-21(31-3)14-12-19)17-28-26-23(16-27)29-25(32-26)15-20-9-6-8-18-7-4-5-10-22(18)20/h4-14,24,28H,15,17H2,1-3H3/t24-/m1/s1. The van der Waals surface area contributed by atoms with Gasteiger partial charge in [0.1, 0.15) is 11.8 Å². The molecule has 1 atom stereocenters. The van der Waals surface area contributed by atoms with E-state index < -0.39 is 0 Å². The van der Waals surface area contributed by atoms with Crippen molar-refractivity contribution >= 4 is 16.7 Å². The molecule has 1 aromatic heterocycles. The summed E-state index contributed by atoms with van der Waals surface area (Å²) in [6.45, 7) is 0.566. The molecule has 0 amide bonds. The van der Waals surface area contributed by atoms with Crippen LogP contribution < -0.4 is 10.1 Å². The lowest BCUT2D eigenvalue weighted by Crippen LogP contribution is -2.26. The number of aromatic nitrogens is 1. The molecular formula is C26H26N4O2. The number of oxazole rings is 1. The minimum Gasteiger partial charge on any atom is -0.497 e. The Labute approximate surface area is 188 Å². The highest BCUT2D eigenvalue weighted by Crippen LogP contribution is 2.26. The maximum Gasteiger partial charge on any atom is 0.232 e. The molecular weight excluding hydrogens is 400 g/mol. The van der Waals surface area contributed by atoms with Crippen molar-refractivity contribution in [3.05, 3.63) is 89.4 Å². The molecule has 0 aliphatic rings. The minimum absolute atomic E-state index is 0.0825. The monoisotopic (exact) mass is 426 g/mol. The second-order valence-corrected chi connectivity index (χ2v) is 7.85. The van der Waals surface area contributed by atoms with Gasteiger partial charge in [0.2, 0.25) is 17.5 Å². The lowest BCUT2D eigenvalue weighted by Gasteiger charge is -2.25. The molecule has 0 spiro atoms. The first-order valence-corrected chi connectivity index (χ1v) is 10.5. The SMILES string of the molecule is COc1ccc([C@@H](CNc2oc(Cc3cccc4ccccc34)nc2C#N)N(C)C)cc1. The average molecular weight is 427 g/mol. The lowest BCUT2D eigenvalue weighted by atomic mass is 10.0. The van der Waals surface area contributed by atoms with Crippen LogP contribution in [0.3, 0.4) is 0 Å². The average Bonchev–Trinajstić information content (AvgIpc) is 3.21. The predicted octanol–water partition coefficient (Wildman–Crippen LogP) is 5.01. The summed E-state index contributed by atoms with van der Waals surface area (Å²) in [5, 5.41) is 15.2. The molecule has 0 radical (unpaired) electrons. The Kier molecular flexibility index (Phi) is 6.39. The normalized spacial score (nSPS) is 12.0. The summed E-state index contributed by atoms with van der Waals surface area (Å²) in [5.41, 5.74) is 2.52. The van der Waals surface area contributed by atoms with E-state index in [2.05, 4.69) is 45.5 Å². The van der Waals surface area contributed by atoms with E-state index in [1.807, 2.05) is 56.6 Å². The van der Waals surface area contributed by atoms with Crippen molar-refractivity contribution in [3.8, 4) is 11.8 Å². The zero-order valence-electron chi connectivity index (χ0n) is 18.5. The van der Waals surface area contributed by atoms with Crippen LogP contribution in [0, 0.1) is 11.3 Å². The van der Waals surface area contributed by atoms with Crippen molar-refractivity contribution in [2.45, 2.75) is 12.5 Å². The second kappa shape index (κ2) is 9.54. The minimum atomic E-state index is 0.0825. The molecule has 1 heterocycles. The summed E-state index contributed by atoms with van der Waals surface area (Å²) in [6.07, 6.45) is 0.521. The summed E-state index contributed by atoms with van der Waals surface area (Å²) in [6, 6.07) is 24.6. The molecule has 32 heavy (non-hydrogen) atoms. The first-order valence-electron chi connectivity index (χ1n) is 10.5. The summed E-state index contributed by atoms with van der Waals surface area (Å²) in [7, 11) is 5.70. The molecule has 4 aromatic rings. The maximum atomic E-state index is 9.58. The fraction of sp³-hybridized carbons (Fsp3) is 0.231. The van der Waals surface area contributed by atoms with Crippen LogP contribution in [0.2, 0.25) is 0 Å². The molecule has 6 heteroatoms. The quantitative estimate of drug-likeness (QED) is 0.427. The Morgan fingerprint density at radius 2 is 1.81 bits per heavy atom. The van der Waals surface area contributed by atoms with Gasteiger partial charge in [0.15, 0.2) is 0 Å². The van der Waals surface area contributed by atoms with E-state index in [1.54, 1.807) is 7.11 Å². The number of hydrogen-bond acceptors (Lipinski definition) is 6. The first kappa shape index (κ1) is 21.4. The highest BCUT2D eigenvalue weighted by atomic mass is 16.5. The summed E-state index contributed by atoms with van der Waals surface area (Å²) in [4.78, 5) is 6.55. The van der Waals surface area contributed by atoms with E-state index in [0.717, 1.165) is 22.3 Å². The molecule has 0 unspecified atom stereocenters. The highest BCUT2D eigenvalue weighted by molar-refractivity contribution is 5.85. The van der Waals surface area contributed by atoms with E-state index in [0.29, 0.717) is 24.7 Å². The third kappa shape index (κ3) is 4.58. The largest absolute Gasteiger partial charge is 0.497 e. The summed E-state index contributed by atoms with van der Waals surface area (Å²) < 4.78 is 11.2. The summed E-state index contributed by atoms with van der Waals surface area (Å²) in [5.74, 6) is 1.74. The van der Waals surface area contributed by atoms with Crippen molar-refractivity contribution in [1.29, 1.82) is 5.26 Å². The number of hydrogen-bond donors (Lipinski definition) is 1. The third-order valence-electron chi connectivity index (χ3n) is 5.58. The van der Waals surface area contributed by atoms with Crippen molar-refractivity contribution in [2.24, 2.45) is 0 Å². The fourth-order valence-corrected chi connectivity index (χ4v) is 3.86. The van der Waals surface area contributed by atoms with Gasteiger partial charge >= 0.3 is 0 Å². The van der Waals surface area contributed by atoms with Gasteiger partial charge in [-0.2, -0.15) is 5.26 Å². The molecule has 4 rings (SSSR count). The van der Waals surface area contributed by atoms with Gasteiger partial charge in [0, 0.05) is 6.54 Å². The van der Waals surface area contributed by atoms with Crippen LogP contribution in [0.4, 0.5) is 5.88 Å². The molecule has 0 aliphatic heterocycles. The fourth-order valence-electron chi connectivity index (χ4n) is 3.86.